The number of rotatable bonds is 5. The van der Waals surface area contributed by atoms with Crippen LogP contribution in [0.3, 0.4) is 0 Å². The Morgan fingerprint density at radius 1 is 1.41 bits per heavy atom. The Bertz CT molecular complexity index is 377. The molecule has 1 atom stereocenters. The smallest absolute Gasteiger partial charge is 0.246 e. The quantitative estimate of drug-likeness (QED) is 0.823. The molecule has 0 fully saturated rings. The van der Waals surface area contributed by atoms with Crippen molar-refractivity contribution in [3.8, 4) is 5.75 Å². The molecule has 0 aliphatic rings. The fraction of sp³-hybridized carbons (Fsp3) is 0.462. The minimum absolute atomic E-state index is 0.0387. The Hall–Kier alpha value is -1.55. The first-order valence-electron chi connectivity index (χ1n) is 5.69. The zero-order chi connectivity index (χ0) is 12.8. The van der Waals surface area contributed by atoms with Crippen LogP contribution in [0.1, 0.15) is 32.4 Å². The van der Waals surface area contributed by atoms with Crippen molar-refractivity contribution in [3.63, 3.8) is 0 Å². The summed E-state index contributed by atoms with van der Waals surface area (Å²) in [4.78, 5) is 11.5. The van der Waals surface area contributed by atoms with E-state index in [0.29, 0.717) is 0 Å². The summed E-state index contributed by atoms with van der Waals surface area (Å²) in [5.74, 6) is 0.0385. The van der Waals surface area contributed by atoms with Gasteiger partial charge in [0.2, 0.25) is 5.91 Å². The topological polar surface area (TPSA) is 58.6 Å². The molecule has 1 aromatic rings. The van der Waals surface area contributed by atoms with Gasteiger partial charge in [0, 0.05) is 0 Å². The van der Waals surface area contributed by atoms with Gasteiger partial charge in [-0.15, -0.1) is 0 Å². The van der Waals surface area contributed by atoms with Gasteiger partial charge in [-0.25, -0.2) is 0 Å². The zero-order valence-corrected chi connectivity index (χ0v) is 10.4. The number of hydrogen-bond donors (Lipinski definition) is 2. The molecule has 0 radical (unpaired) electrons. The van der Waals surface area contributed by atoms with Gasteiger partial charge in [-0.1, -0.05) is 12.1 Å². The summed E-state index contributed by atoms with van der Waals surface area (Å²) < 4.78 is 5.20. The van der Waals surface area contributed by atoms with E-state index in [4.69, 9.17) is 4.74 Å². The summed E-state index contributed by atoms with van der Waals surface area (Å²) in [5, 5.41) is 12.1. The molecule has 0 aliphatic carbocycles. The molecule has 0 aromatic heterocycles. The number of carbonyl (C=O) groups is 1. The maximum absolute atomic E-state index is 11.5. The molecule has 0 spiro atoms. The highest BCUT2D eigenvalue weighted by atomic mass is 16.5. The Morgan fingerprint density at radius 3 is 2.71 bits per heavy atom. The molecule has 0 saturated heterocycles. The highest BCUT2D eigenvalue weighted by Crippen LogP contribution is 2.17. The number of phenolic OH excluding ortho intramolecular Hbond substituents is 1. The average molecular weight is 237 g/mol. The molecular formula is C13H19NO3. The molecule has 0 saturated carbocycles. The number of amides is 1. The van der Waals surface area contributed by atoms with Gasteiger partial charge in [0.15, 0.2) is 0 Å². The number of aromatic hydroxyl groups is 1. The van der Waals surface area contributed by atoms with Crippen LogP contribution in [0.25, 0.3) is 0 Å². The van der Waals surface area contributed by atoms with E-state index in [9.17, 15) is 9.90 Å². The first-order chi connectivity index (χ1) is 7.99. The number of hydrogen-bond acceptors (Lipinski definition) is 3. The molecule has 1 aromatic carbocycles. The molecule has 1 amide bonds. The first kappa shape index (κ1) is 13.5. The zero-order valence-electron chi connectivity index (χ0n) is 10.4. The van der Waals surface area contributed by atoms with E-state index in [-0.39, 0.29) is 30.4 Å². The van der Waals surface area contributed by atoms with Crippen LogP contribution >= 0.6 is 0 Å². The molecule has 17 heavy (non-hydrogen) atoms. The molecule has 94 valence electrons. The lowest BCUT2D eigenvalue weighted by Crippen LogP contribution is -2.31. The van der Waals surface area contributed by atoms with Crippen molar-refractivity contribution >= 4 is 5.91 Å². The third-order valence-electron chi connectivity index (χ3n) is 2.30. The minimum Gasteiger partial charge on any atom is -0.508 e. The molecule has 1 rings (SSSR count). The standard InChI is InChI=1S/C13H19NO3/c1-9(2)17-8-13(16)14-10(3)11-5-4-6-12(15)7-11/h4-7,9-10,15H,8H2,1-3H3,(H,14,16). The SMILES string of the molecule is CC(C)OCC(=O)NC(C)c1cccc(O)c1. The van der Waals surface area contributed by atoms with E-state index in [1.165, 1.54) is 0 Å². The largest absolute Gasteiger partial charge is 0.508 e. The monoisotopic (exact) mass is 237 g/mol. The Balaban J connectivity index is 2.48. The molecule has 4 heteroatoms. The van der Waals surface area contributed by atoms with E-state index in [0.717, 1.165) is 5.56 Å². The predicted molar refractivity (Wildman–Crippen MR) is 65.8 cm³/mol. The Labute approximate surface area is 102 Å². The molecule has 0 bridgehead atoms. The van der Waals surface area contributed by atoms with Crippen molar-refractivity contribution in [2.75, 3.05) is 6.61 Å². The first-order valence-corrected chi connectivity index (χ1v) is 5.69. The fourth-order valence-corrected chi connectivity index (χ4v) is 1.40. The van der Waals surface area contributed by atoms with Crippen LogP contribution < -0.4 is 5.32 Å². The van der Waals surface area contributed by atoms with Crippen molar-refractivity contribution in [1.82, 2.24) is 5.32 Å². The number of phenols is 1. The van der Waals surface area contributed by atoms with Crippen LogP contribution in [0, 0.1) is 0 Å². The molecule has 0 aliphatic heterocycles. The molecule has 1 unspecified atom stereocenters. The summed E-state index contributed by atoms with van der Waals surface area (Å²) in [6.07, 6.45) is 0.0387. The van der Waals surface area contributed by atoms with Crippen molar-refractivity contribution in [2.24, 2.45) is 0 Å². The molecular weight excluding hydrogens is 218 g/mol. The minimum atomic E-state index is -0.158. The van der Waals surface area contributed by atoms with Gasteiger partial charge in [0.25, 0.3) is 0 Å². The highest BCUT2D eigenvalue weighted by Gasteiger charge is 2.10. The van der Waals surface area contributed by atoms with Crippen LogP contribution in [0.4, 0.5) is 0 Å². The van der Waals surface area contributed by atoms with Crippen LogP contribution in [0.15, 0.2) is 24.3 Å². The van der Waals surface area contributed by atoms with Gasteiger partial charge in [-0.3, -0.25) is 4.79 Å². The van der Waals surface area contributed by atoms with Gasteiger partial charge in [0.05, 0.1) is 12.1 Å². The predicted octanol–water partition coefficient (Wildman–Crippen LogP) is 1.99. The van der Waals surface area contributed by atoms with Gasteiger partial charge in [-0.2, -0.15) is 0 Å². The normalized spacial score (nSPS) is 12.5. The second-order valence-corrected chi connectivity index (χ2v) is 4.24. The van der Waals surface area contributed by atoms with Gasteiger partial charge < -0.3 is 15.2 Å². The summed E-state index contributed by atoms with van der Waals surface area (Å²) in [5.41, 5.74) is 0.864. The number of benzene rings is 1. The summed E-state index contributed by atoms with van der Waals surface area (Å²) in [6.45, 7) is 5.68. The lowest BCUT2D eigenvalue weighted by Gasteiger charge is -2.15. The van der Waals surface area contributed by atoms with Gasteiger partial charge >= 0.3 is 0 Å². The lowest BCUT2D eigenvalue weighted by molar-refractivity contribution is -0.127. The van der Waals surface area contributed by atoms with Crippen molar-refractivity contribution in [3.05, 3.63) is 29.8 Å². The molecule has 4 nitrogen and oxygen atoms in total. The van der Waals surface area contributed by atoms with Crippen LogP contribution in [0.2, 0.25) is 0 Å². The van der Waals surface area contributed by atoms with E-state index in [1.807, 2.05) is 26.8 Å². The van der Waals surface area contributed by atoms with Crippen molar-refractivity contribution in [2.45, 2.75) is 32.9 Å². The van der Waals surface area contributed by atoms with Gasteiger partial charge in [-0.05, 0) is 38.5 Å². The maximum atomic E-state index is 11.5. The fourth-order valence-electron chi connectivity index (χ4n) is 1.40. The Kier molecular flexibility index (Phi) is 4.97. The van der Waals surface area contributed by atoms with E-state index in [1.54, 1.807) is 18.2 Å². The highest BCUT2D eigenvalue weighted by molar-refractivity contribution is 5.77. The lowest BCUT2D eigenvalue weighted by atomic mass is 10.1. The third kappa shape index (κ3) is 4.87. The number of ether oxygens (including phenoxy) is 1. The molecule has 2 N–H and O–H groups in total. The Morgan fingerprint density at radius 2 is 2.12 bits per heavy atom. The number of carbonyl (C=O) groups excluding carboxylic acids is 1. The summed E-state index contributed by atoms with van der Waals surface area (Å²) >= 11 is 0. The van der Waals surface area contributed by atoms with Crippen molar-refractivity contribution < 1.29 is 14.6 Å². The van der Waals surface area contributed by atoms with Crippen LogP contribution in [-0.4, -0.2) is 23.7 Å². The third-order valence-corrected chi connectivity index (χ3v) is 2.30. The maximum Gasteiger partial charge on any atom is 0.246 e. The van der Waals surface area contributed by atoms with E-state index < -0.39 is 0 Å². The average Bonchev–Trinajstić information content (AvgIpc) is 2.26. The van der Waals surface area contributed by atoms with Crippen LogP contribution in [0.5, 0.6) is 5.75 Å². The van der Waals surface area contributed by atoms with Crippen LogP contribution in [-0.2, 0) is 9.53 Å². The second-order valence-electron chi connectivity index (χ2n) is 4.24. The summed E-state index contributed by atoms with van der Waals surface area (Å²) in [7, 11) is 0. The second kappa shape index (κ2) is 6.25. The molecule has 0 heterocycles. The number of nitrogens with one attached hydrogen (secondary N) is 1. The van der Waals surface area contributed by atoms with Gasteiger partial charge in [0.1, 0.15) is 12.4 Å². The van der Waals surface area contributed by atoms with Crippen molar-refractivity contribution in [1.29, 1.82) is 0 Å². The summed E-state index contributed by atoms with van der Waals surface area (Å²) in [6, 6.07) is 6.69. The van der Waals surface area contributed by atoms with E-state index in [2.05, 4.69) is 5.32 Å². The van der Waals surface area contributed by atoms with E-state index >= 15 is 0 Å².